The molecule has 5 rings (SSSR count). The smallest absolute Gasteiger partial charge is 0.257 e. The zero-order chi connectivity index (χ0) is 18.9. The normalized spacial score (nSPS) is 17.1. The third kappa shape index (κ3) is 2.87. The molecule has 6 heteroatoms. The fraction of sp³-hybridized carbons (Fsp3) is 0.227. The minimum atomic E-state index is 0.0478. The lowest BCUT2D eigenvalue weighted by atomic mass is 9.90. The summed E-state index contributed by atoms with van der Waals surface area (Å²) in [6, 6.07) is 16.1. The van der Waals surface area contributed by atoms with E-state index in [4.69, 9.17) is 0 Å². The maximum absolute atomic E-state index is 13.2. The number of carbonyl (C=O) groups excluding carboxylic acids is 1. The predicted molar refractivity (Wildman–Crippen MR) is 107 cm³/mol. The van der Waals surface area contributed by atoms with Crippen LogP contribution in [0.2, 0.25) is 0 Å². The van der Waals surface area contributed by atoms with Crippen LogP contribution in [0.25, 0.3) is 16.6 Å². The van der Waals surface area contributed by atoms with E-state index >= 15 is 0 Å². The van der Waals surface area contributed by atoms with E-state index < -0.39 is 0 Å². The van der Waals surface area contributed by atoms with Gasteiger partial charge in [0.1, 0.15) is 0 Å². The number of hydrogen-bond acceptors (Lipinski definition) is 3. The number of likely N-dealkylation sites (tertiary alicyclic amines) is 1. The maximum Gasteiger partial charge on any atom is 0.257 e. The molecule has 28 heavy (non-hydrogen) atoms. The Balaban J connectivity index is 1.42. The van der Waals surface area contributed by atoms with Gasteiger partial charge >= 0.3 is 0 Å². The van der Waals surface area contributed by atoms with Gasteiger partial charge in [-0.25, -0.2) is 4.52 Å². The van der Waals surface area contributed by atoms with Crippen molar-refractivity contribution < 1.29 is 4.79 Å². The Kier molecular flexibility index (Phi) is 4.16. The van der Waals surface area contributed by atoms with Crippen molar-refractivity contribution >= 4 is 11.4 Å². The van der Waals surface area contributed by atoms with Crippen molar-refractivity contribution in [2.75, 3.05) is 13.1 Å². The summed E-state index contributed by atoms with van der Waals surface area (Å²) in [5, 5.41) is 11.8. The van der Waals surface area contributed by atoms with Gasteiger partial charge < -0.3 is 4.90 Å². The highest BCUT2D eigenvalue weighted by Crippen LogP contribution is 2.33. The molecule has 1 aromatic carbocycles. The summed E-state index contributed by atoms with van der Waals surface area (Å²) in [7, 11) is 0. The number of rotatable bonds is 3. The van der Waals surface area contributed by atoms with E-state index in [1.54, 1.807) is 10.7 Å². The van der Waals surface area contributed by atoms with Gasteiger partial charge in [0, 0.05) is 36.5 Å². The highest BCUT2D eigenvalue weighted by Gasteiger charge is 2.29. The average molecular weight is 371 g/mol. The minimum absolute atomic E-state index is 0.0478. The van der Waals surface area contributed by atoms with E-state index in [0.29, 0.717) is 12.1 Å². The summed E-state index contributed by atoms with van der Waals surface area (Å²) in [4.78, 5) is 15.1. The highest BCUT2D eigenvalue weighted by atomic mass is 16.2. The molecule has 140 valence electrons. The monoisotopic (exact) mass is 371 g/mol. The Morgan fingerprint density at radius 2 is 1.93 bits per heavy atom. The lowest BCUT2D eigenvalue weighted by Crippen LogP contribution is -2.39. The van der Waals surface area contributed by atoms with E-state index in [-0.39, 0.29) is 11.8 Å². The van der Waals surface area contributed by atoms with Crippen molar-refractivity contribution in [3.63, 3.8) is 0 Å². The zero-order valence-electron chi connectivity index (χ0n) is 15.5. The third-order valence-electron chi connectivity index (χ3n) is 5.53. The Hall–Kier alpha value is -3.41. The number of aromatic amines is 1. The molecule has 1 aliphatic rings. The summed E-state index contributed by atoms with van der Waals surface area (Å²) in [5.74, 6) is 0.295. The van der Waals surface area contributed by atoms with E-state index in [1.165, 1.54) is 0 Å². The molecule has 1 aliphatic heterocycles. The van der Waals surface area contributed by atoms with Crippen molar-refractivity contribution in [1.29, 1.82) is 0 Å². The summed E-state index contributed by atoms with van der Waals surface area (Å²) in [6.45, 7) is 1.46. The van der Waals surface area contributed by atoms with Gasteiger partial charge in [0.25, 0.3) is 5.91 Å². The molecule has 0 unspecified atom stereocenters. The lowest BCUT2D eigenvalue weighted by molar-refractivity contribution is 0.0708. The number of carbonyl (C=O) groups is 1. The number of aromatic nitrogens is 4. The molecule has 1 fully saturated rings. The zero-order valence-corrected chi connectivity index (χ0v) is 15.5. The Morgan fingerprint density at radius 1 is 1.07 bits per heavy atom. The number of nitrogens with one attached hydrogen (secondary N) is 1. The first-order valence-corrected chi connectivity index (χ1v) is 9.61. The molecule has 1 atom stereocenters. The van der Waals surface area contributed by atoms with Crippen LogP contribution in [0.4, 0.5) is 0 Å². The van der Waals surface area contributed by atoms with Gasteiger partial charge in [-0.1, -0.05) is 36.4 Å². The molecule has 1 saturated heterocycles. The van der Waals surface area contributed by atoms with E-state index in [0.717, 1.165) is 41.7 Å². The van der Waals surface area contributed by atoms with Crippen LogP contribution >= 0.6 is 0 Å². The van der Waals surface area contributed by atoms with Crippen LogP contribution in [0.3, 0.4) is 0 Å². The first-order chi connectivity index (χ1) is 13.8. The molecule has 1 amide bonds. The van der Waals surface area contributed by atoms with E-state index in [2.05, 4.69) is 27.4 Å². The first-order valence-electron chi connectivity index (χ1n) is 9.61. The number of nitrogens with zero attached hydrogens (tertiary/aromatic N) is 4. The van der Waals surface area contributed by atoms with Crippen molar-refractivity contribution in [2.24, 2.45) is 0 Å². The second-order valence-corrected chi connectivity index (χ2v) is 7.24. The van der Waals surface area contributed by atoms with Gasteiger partial charge in [0.2, 0.25) is 0 Å². The predicted octanol–water partition coefficient (Wildman–Crippen LogP) is 3.74. The first kappa shape index (κ1) is 16.7. The summed E-state index contributed by atoms with van der Waals surface area (Å²) < 4.78 is 1.75. The van der Waals surface area contributed by atoms with Gasteiger partial charge in [0.15, 0.2) is 0 Å². The molecule has 6 nitrogen and oxygen atoms in total. The van der Waals surface area contributed by atoms with Gasteiger partial charge in [-0.05, 0) is 30.5 Å². The number of piperidine rings is 1. The van der Waals surface area contributed by atoms with Crippen molar-refractivity contribution in [1.82, 2.24) is 24.7 Å². The van der Waals surface area contributed by atoms with Crippen molar-refractivity contribution in [3.8, 4) is 11.1 Å². The molecular formula is C22H21N5O. The molecule has 0 aliphatic carbocycles. The number of pyridine rings is 1. The third-order valence-corrected chi connectivity index (χ3v) is 5.53. The second-order valence-electron chi connectivity index (χ2n) is 7.24. The van der Waals surface area contributed by atoms with Crippen LogP contribution in [0.1, 0.15) is 34.8 Å². The number of amides is 1. The van der Waals surface area contributed by atoms with Crippen LogP contribution in [-0.4, -0.2) is 43.7 Å². The van der Waals surface area contributed by atoms with E-state index in [9.17, 15) is 4.79 Å². The quantitative estimate of drug-likeness (QED) is 0.596. The maximum atomic E-state index is 13.2. The molecule has 0 spiro atoms. The van der Waals surface area contributed by atoms with Gasteiger partial charge in [0.05, 0.1) is 23.5 Å². The average Bonchev–Trinajstić information content (AvgIpc) is 3.41. The SMILES string of the molecule is O=C(c1cnn2ccccc12)N1CCC[C@H](c2[nH]ncc2-c2ccccc2)C1. The Bertz CT molecular complexity index is 1110. The minimum Gasteiger partial charge on any atom is -0.338 e. The summed E-state index contributed by atoms with van der Waals surface area (Å²) >= 11 is 0. The molecular weight excluding hydrogens is 350 g/mol. The van der Waals surface area contributed by atoms with Gasteiger partial charge in [-0.3, -0.25) is 9.89 Å². The van der Waals surface area contributed by atoms with E-state index in [1.807, 2.05) is 53.7 Å². The fourth-order valence-corrected chi connectivity index (χ4v) is 4.12. The van der Waals surface area contributed by atoms with Crippen LogP contribution in [0.5, 0.6) is 0 Å². The molecule has 0 bridgehead atoms. The standard InChI is InChI=1S/C22H21N5O/c28-22(19-14-24-27-12-5-4-10-20(19)27)26-11-6-9-17(15-26)21-18(13-23-25-21)16-7-2-1-3-8-16/h1-5,7-8,10,12-14,17H,6,9,11,15H2,(H,23,25)/t17-/m0/s1. The van der Waals surface area contributed by atoms with Gasteiger partial charge in [-0.15, -0.1) is 0 Å². The largest absolute Gasteiger partial charge is 0.338 e. The molecule has 0 saturated carbocycles. The Morgan fingerprint density at radius 3 is 2.82 bits per heavy atom. The number of H-pyrrole nitrogens is 1. The van der Waals surface area contributed by atoms with Crippen LogP contribution in [0, 0.1) is 0 Å². The molecule has 1 N–H and O–H groups in total. The van der Waals surface area contributed by atoms with Crippen LogP contribution in [-0.2, 0) is 0 Å². The summed E-state index contributed by atoms with van der Waals surface area (Å²) in [6.07, 6.45) is 7.44. The fourth-order valence-electron chi connectivity index (χ4n) is 4.12. The van der Waals surface area contributed by atoms with Crippen molar-refractivity contribution in [2.45, 2.75) is 18.8 Å². The molecule has 4 heterocycles. The number of fused-ring (bicyclic) bond motifs is 1. The highest BCUT2D eigenvalue weighted by molar-refractivity contribution is 6.00. The second kappa shape index (κ2) is 6.96. The lowest BCUT2D eigenvalue weighted by Gasteiger charge is -2.32. The Labute approximate surface area is 162 Å². The van der Waals surface area contributed by atoms with Crippen molar-refractivity contribution in [3.05, 3.63) is 78.4 Å². The number of hydrogen-bond donors (Lipinski definition) is 1. The van der Waals surface area contributed by atoms with Crippen LogP contribution in [0.15, 0.2) is 67.1 Å². The topological polar surface area (TPSA) is 66.3 Å². The summed E-state index contributed by atoms with van der Waals surface area (Å²) in [5.41, 5.74) is 4.90. The number of benzene rings is 1. The molecule has 4 aromatic rings. The van der Waals surface area contributed by atoms with Crippen LogP contribution < -0.4 is 0 Å². The molecule has 3 aromatic heterocycles. The molecule has 0 radical (unpaired) electrons. The van der Waals surface area contributed by atoms with Gasteiger partial charge in [-0.2, -0.15) is 10.2 Å².